The van der Waals surface area contributed by atoms with Crippen LogP contribution in [0.5, 0.6) is 0 Å². The summed E-state index contributed by atoms with van der Waals surface area (Å²) in [5, 5.41) is 0. The number of hydrogen-bond donors (Lipinski definition) is 0. The Hall–Kier alpha value is -0.313. The van der Waals surface area contributed by atoms with E-state index in [0.29, 0.717) is 17.8 Å². The highest BCUT2D eigenvalue weighted by Gasteiger charge is 2.36. The molecule has 0 aromatic heterocycles. The molecular formula is C16H32O2Si. The van der Waals surface area contributed by atoms with Gasteiger partial charge in [-0.05, 0) is 30.6 Å². The van der Waals surface area contributed by atoms with Gasteiger partial charge < -0.3 is 4.74 Å². The van der Waals surface area contributed by atoms with E-state index in [1.165, 1.54) is 12.8 Å². The third-order valence-electron chi connectivity index (χ3n) is 4.88. The molecule has 0 amide bonds. The van der Waals surface area contributed by atoms with Crippen molar-refractivity contribution in [2.24, 2.45) is 17.8 Å². The summed E-state index contributed by atoms with van der Waals surface area (Å²) in [5.41, 5.74) is 0.0949. The number of ether oxygens (including phenoxy) is 1. The minimum Gasteiger partial charge on any atom is -0.462 e. The molecule has 0 bridgehead atoms. The van der Waals surface area contributed by atoms with Gasteiger partial charge in [0.15, 0.2) is 0 Å². The maximum Gasteiger partial charge on any atom is 0.306 e. The molecule has 0 spiro atoms. The number of rotatable bonds is 4. The maximum atomic E-state index is 12.3. The van der Waals surface area contributed by atoms with Gasteiger partial charge in [0, 0.05) is 5.54 Å². The van der Waals surface area contributed by atoms with E-state index in [2.05, 4.69) is 40.4 Å². The van der Waals surface area contributed by atoms with Gasteiger partial charge in [-0.1, -0.05) is 53.8 Å². The van der Waals surface area contributed by atoms with Crippen LogP contribution in [0.25, 0.3) is 0 Å². The lowest BCUT2D eigenvalue weighted by Gasteiger charge is -2.38. The van der Waals surface area contributed by atoms with Gasteiger partial charge in [-0.2, -0.15) is 0 Å². The molecule has 0 saturated heterocycles. The zero-order valence-electron chi connectivity index (χ0n) is 13.8. The molecule has 4 atom stereocenters. The van der Waals surface area contributed by atoms with Crippen LogP contribution in [0.3, 0.4) is 0 Å². The molecule has 2 nitrogen and oxygen atoms in total. The van der Waals surface area contributed by atoms with Crippen LogP contribution in [0.15, 0.2) is 0 Å². The zero-order chi connectivity index (χ0) is 14.8. The van der Waals surface area contributed by atoms with Crippen molar-refractivity contribution >= 4 is 14.0 Å². The predicted molar refractivity (Wildman–Crippen MR) is 84.0 cm³/mol. The molecule has 0 aromatic carbocycles. The smallest absolute Gasteiger partial charge is 0.306 e. The Balaban J connectivity index is 2.69. The number of carbonyl (C=O) groups excluding carboxylic acids is 1. The second kappa shape index (κ2) is 6.42. The molecule has 0 heterocycles. The Morgan fingerprint density at radius 3 is 2.21 bits per heavy atom. The zero-order valence-corrected chi connectivity index (χ0v) is 14.8. The Labute approximate surface area is 120 Å². The van der Waals surface area contributed by atoms with Crippen molar-refractivity contribution in [3.8, 4) is 0 Å². The summed E-state index contributed by atoms with van der Waals surface area (Å²) >= 11 is 0. The second-order valence-corrected chi connectivity index (χ2v) is 13.5. The third-order valence-corrected chi connectivity index (χ3v) is 7.72. The van der Waals surface area contributed by atoms with Crippen LogP contribution < -0.4 is 0 Å². The van der Waals surface area contributed by atoms with E-state index >= 15 is 0 Å². The Morgan fingerprint density at radius 1 is 1.16 bits per heavy atom. The van der Waals surface area contributed by atoms with E-state index in [9.17, 15) is 4.79 Å². The largest absolute Gasteiger partial charge is 0.462 e. The van der Waals surface area contributed by atoms with Crippen LogP contribution in [0.2, 0.25) is 25.2 Å². The van der Waals surface area contributed by atoms with E-state index in [-0.39, 0.29) is 17.6 Å². The average Bonchev–Trinajstić information content (AvgIpc) is 2.26. The maximum absolute atomic E-state index is 12.3. The minimum atomic E-state index is -1.45. The number of hydrogen-bond acceptors (Lipinski definition) is 2. The van der Waals surface area contributed by atoms with Crippen molar-refractivity contribution in [3.63, 3.8) is 0 Å². The topological polar surface area (TPSA) is 26.3 Å². The molecule has 0 aromatic rings. The standard InChI is InChI=1S/C16H32O2Si/c1-11(2)14-9-8-12(3)10-15(14)18-16(17)13(4)19(5,6)7/h11-15H,8-10H2,1-7H3/t12-,13-,14-,15-/m1/s1. The van der Waals surface area contributed by atoms with E-state index in [4.69, 9.17) is 4.74 Å². The number of carbonyl (C=O) groups is 1. The molecule has 19 heavy (non-hydrogen) atoms. The van der Waals surface area contributed by atoms with Gasteiger partial charge in [0.05, 0.1) is 8.07 Å². The van der Waals surface area contributed by atoms with Crippen molar-refractivity contribution in [2.45, 2.75) is 78.2 Å². The predicted octanol–water partition coefficient (Wildman–Crippen LogP) is 4.72. The first-order chi connectivity index (χ1) is 8.62. The first kappa shape index (κ1) is 16.7. The molecule has 112 valence electrons. The van der Waals surface area contributed by atoms with Gasteiger partial charge in [0.1, 0.15) is 6.10 Å². The molecule has 3 heteroatoms. The summed E-state index contributed by atoms with van der Waals surface area (Å²) in [6, 6.07) is 0. The van der Waals surface area contributed by atoms with Crippen LogP contribution in [0.4, 0.5) is 0 Å². The van der Waals surface area contributed by atoms with E-state index < -0.39 is 8.07 Å². The number of esters is 1. The first-order valence-electron chi connectivity index (χ1n) is 7.83. The van der Waals surface area contributed by atoms with E-state index in [1.807, 2.05) is 6.92 Å². The molecule has 0 aliphatic heterocycles. The fourth-order valence-corrected chi connectivity index (χ4v) is 3.63. The van der Waals surface area contributed by atoms with Gasteiger partial charge in [-0.3, -0.25) is 4.79 Å². The van der Waals surface area contributed by atoms with Crippen LogP contribution in [-0.4, -0.2) is 20.1 Å². The van der Waals surface area contributed by atoms with Crippen molar-refractivity contribution in [2.75, 3.05) is 0 Å². The molecule has 1 saturated carbocycles. The lowest BCUT2D eigenvalue weighted by atomic mass is 9.75. The van der Waals surface area contributed by atoms with Crippen LogP contribution in [-0.2, 0) is 9.53 Å². The molecule has 0 unspecified atom stereocenters. The molecule has 1 aliphatic rings. The van der Waals surface area contributed by atoms with Gasteiger partial charge >= 0.3 is 5.97 Å². The molecular weight excluding hydrogens is 252 g/mol. The van der Waals surface area contributed by atoms with Crippen molar-refractivity contribution in [1.29, 1.82) is 0 Å². The molecule has 0 radical (unpaired) electrons. The molecule has 1 aliphatic carbocycles. The summed E-state index contributed by atoms with van der Waals surface area (Å²) in [7, 11) is -1.45. The highest BCUT2D eigenvalue weighted by molar-refractivity contribution is 6.80. The summed E-state index contributed by atoms with van der Waals surface area (Å²) < 4.78 is 5.92. The first-order valence-corrected chi connectivity index (χ1v) is 11.4. The highest BCUT2D eigenvalue weighted by atomic mass is 28.3. The van der Waals surface area contributed by atoms with Crippen LogP contribution in [0, 0.1) is 17.8 Å². The SMILES string of the molecule is CC(C)[C@H]1CC[C@@H](C)C[C@H]1OC(=O)[C@@H](C)[Si](C)(C)C. The summed E-state index contributed by atoms with van der Waals surface area (Å²) in [6.07, 6.45) is 3.68. The lowest BCUT2D eigenvalue weighted by molar-refractivity contribution is -0.155. The van der Waals surface area contributed by atoms with Crippen LogP contribution in [0.1, 0.15) is 47.0 Å². The summed E-state index contributed by atoms with van der Waals surface area (Å²) in [5.74, 6) is 1.89. The second-order valence-electron chi connectivity index (χ2n) is 7.89. The highest BCUT2D eigenvalue weighted by Crippen LogP contribution is 2.36. The summed E-state index contributed by atoms with van der Waals surface area (Å²) in [4.78, 5) is 12.3. The van der Waals surface area contributed by atoms with Gasteiger partial charge in [-0.25, -0.2) is 0 Å². The molecule has 0 N–H and O–H groups in total. The quantitative estimate of drug-likeness (QED) is 0.551. The normalized spacial score (nSPS) is 30.2. The fourth-order valence-electron chi connectivity index (χ4n) is 2.86. The van der Waals surface area contributed by atoms with E-state index in [0.717, 1.165) is 6.42 Å². The monoisotopic (exact) mass is 284 g/mol. The lowest BCUT2D eigenvalue weighted by Crippen LogP contribution is -2.40. The molecule has 1 rings (SSSR count). The Bertz CT molecular complexity index is 306. The molecule has 1 fully saturated rings. The minimum absolute atomic E-state index is 0.0453. The average molecular weight is 285 g/mol. The Morgan fingerprint density at radius 2 is 1.74 bits per heavy atom. The summed E-state index contributed by atoms with van der Waals surface area (Å²) in [6.45, 7) is 15.5. The fraction of sp³-hybridized carbons (Fsp3) is 0.938. The van der Waals surface area contributed by atoms with E-state index in [1.54, 1.807) is 0 Å². The van der Waals surface area contributed by atoms with Gasteiger partial charge in [0.2, 0.25) is 0 Å². The van der Waals surface area contributed by atoms with Gasteiger partial charge in [0.25, 0.3) is 0 Å². The third kappa shape index (κ3) is 4.62. The Kier molecular flexibility index (Phi) is 5.66. The van der Waals surface area contributed by atoms with Gasteiger partial charge in [-0.15, -0.1) is 0 Å². The van der Waals surface area contributed by atoms with Crippen molar-refractivity contribution in [1.82, 2.24) is 0 Å². The van der Waals surface area contributed by atoms with Crippen molar-refractivity contribution in [3.05, 3.63) is 0 Å². The van der Waals surface area contributed by atoms with Crippen LogP contribution >= 0.6 is 0 Å². The van der Waals surface area contributed by atoms with Crippen molar-refractivity contribution < 1.29 is 9.53 Å².